The molecular weight excluding hydrogens is 797 g/mol. The van der Waals surface area contributed by atoms with Gasteiger partial charge in [0.2, 0.25) is 23.6 Å². The number of rotatable bonds is 9. The molecule has 63 heavy (non-hydrogen) atoms. The fourth-order valence-corrected chi connectivity index (χ4v) is 8.67. The lowest BCUT2D eigenvalue weighted by Gasteiger charge is -2.43. The van der Waals surface area contributed by atoms with E-state index in [9.17, 15) is 19.2 Å². The number of aryl methyl sites for hydroxylation is 1. The van der Waals surface area contributed by atoms with E-state index in [1.807, 2.05) is 140 Å². The van der Waals surface area contributed by atoms with Crippen LogP contribution in [0.2, 0.25) is 0 Å². The Morgan fingerprint density at radius 3 is 1.48 bits per heavy atom. The molecule has 0 spiro atoms. The van der Waals surface area contributed by atoms with E-state index in [-0.39, 0.29) is 47.8 Å². The van der Waals surface area contributed by atoms with Crippen molar-refractivity contribution in [1.82, 2.24) is 10.1 Å². The molecule has 6 aromatic rings. The van der Waals surface area contributed by atoms with E-state index in [0.717, 1.165) is 33.9 Å². The van der Waals surface area contributed by atoms with Crippen LogP contribution < -0.4 is 29.1 Å². The summed E-state index contributed by atoms with van der Waals surface area (Å²) in [5.41, 5.74) is 5.86. The Labute approximate surface area is 367 Å². The fraction of sp³-hybridized carbons (Fsp3) is 0.280. The SMILES string of the molecule is CCc1cc(C(=O)N2c3ccccc3[C@H](N(C(C)=O)c3ccccc3)C[C@@H]2C)no1.COc1cc(C(=O)N2c3ccccc3[C@H](N(C(C)=O)c3ccccc3)C[C@@H]2C)cc(OC)n1. The molecule has 324 valence electrons. The molecule has 0 bridgehead atoms. The lowest BCUT2D eigenvalue weighted by Crippen LogP contribution is -2.47. The maximum absolute atomic E-state index is 13.7. The molecule has 4 atom stereocenters. The number of carbonyl (C=O) groups excluding carboxylic acids is 4. The van der Waals surface area contributed by atoms with Crippen molar-refractivity contribution < 1.29 is 33.2 Å². The van der Waals surface area contributed by atoms with Crippen LogP contribution in [0.5, 0.6) is 11.8 Å². The molecule has 0 aliphatic carbocycles. The van der Waals surface area contributed by atoms with E-state index in [4.69, 9.17) is 14.0 Å². The minimum atomic E-state index is -0.193. The Bertz CT molecular complexity index is 2560. The summed E-state index contributed by atoms with van der Waals surface area (Å²) in [6.45, 7) is 9.12. The molecule has 13 nitrogen and oxygen atoms in total. The van der Waals surface area contributed by atoms with Gasteiger partial charge in [0.15, 0.2) is 5.69 Å². The van der Waals surface area contributed by atoms with E-state index >= 15 is 0 Å². The second-order valence-electron chi connectivity index (χ2n) is 15.6. The maximum Gasteiger partial charge on any atom is 0.280 e. The van der Waals surface area contributed by atoms with Crippen LogP contribution in [0.1, 0.15) is 97.3 Å². The molecule has 2 aromatic heterocycles. The van der Waals surface area contributed by atoms with Crippen LogP contribution in [0, 0.1) is 0 Å². The second-order valence-corrected chi connectivity index (χ2v) is 15.6. The van der Waals surface area contributed by atoms with E-state index < -0.39 is 0 Å². The van der Waals surface area contributed by atoms with Gasteiger partial charge >= 0.3 is 0 Å². The van der Waals surface area contributed by atoms with Crippen LogP contribution in [0.4, 0.5) is 22.7 Å². The van der Waals surface area contributed by atoms with Gasteiger partial charge in [-0.25, -0.2) is 0 Å². The summed E-state index contributed by atoms with van der Waals surface area (Å²) in [4.78, 5) is 63.8. The summed E-state index contributed by atoms with van der Waals surface area (Å²) in [6.07, 6.45) is 1.89. The van der Waals surface area contributed by atoms with Crippen molar-refractivity contribution >= 4 is 46.4 Å². The normalized spacial score (nSPS) is 17.6. The first kappa shape index (κ1) is 43.8. The zero-order valence-corrected chi connectivity index (χ0v) is 36.6. The van der Waals surface area contributed by atoms with Gasteiger partial charge < -0.3 is 33.6 Å². The Hall–Kier alpha value is -7.28. The summed E-state index contributed by atoms with van der Waals surface area (Å²) in [7, 11) is 3.00. The van der Waals surface area contributed by atoms with Crippen molar-refractivity contribution in [2.75, 3.05) is 33.8 Å². The van der Waals surface area contributed by atoms with Gasteiger partial charge in [0, 0.05) is 73.3 Å². The van der Waals surface area contributed by atoms with Gasteiger partial charge in [0.05, 0.1) is 31.9 Å². The first-order valence-electron chi connectivity index (χ1n) is 21.1. The highest BCUT2D eigenvalue weighted by Gasteiger charge is 2.40. The summed E-state index contributed by atoms with van der Waals surface area (Å²) < 4.78 is 15.7. The minimum Gasteiger partial charge on any atom is -0.481 e. The van der Waals surface area contributed by atoms with Crippen molar-refractivity contribution in [3.05, 3.63) is 156 Å². The highest BCUT2D eigenvalue weighted by molar-refractivity contribution is 6.08. The molecule has 0 N–H and O–H groups in total. The van der Waals surface area contributed by atoms with E-state index in [2.05, 4.69) is 10.1 Å². The van der Waals surface area contributed by atoms with Gasteiger partial charge in [0.25, 0.3) is 11.8 Å². The Morgan fingerprint density at radius 2 is 1.06 bits per heavy atom. The number of anilines is 4. The lowest BCUT2D eigenvalue weighted by atomic mass is 9.89. The average molecular weight is 849 g/mol. The molecule has 8 rings (SSSR count). The van der Waals surface area contributed by atoms with E-state index in [0.29, 0.717) is 48.0 Å². The number of amides is 4. The standard InChI is InChI=1S/C26H27N3O4.C24H25N3O3/c1-17-14-23(29(18(2)30)20-10-6-5-7-11-20)21-12-8-9-13-22(21)28(17)26(31)19-15-24(32-3)27-25(16-19)33-4;1-4-19-15-21(25-30-19)24(29)26-16(2)14-23(20-12-8-9-13-22(20)26)27(17(3)28)18-10-6-5-7-11-18/h5-13,15-17,23H,14H2,1-4H3;5-13,15-16,23H,4,14H2,1-3H3/t17-,23+;16-,23+/m00/s1. The number of hydrogen-bond donors (Lipinski definition) is 0. The Morgan fingerprint density at radius 1 is 0.635 bits per heavy atom. The van der Waals surface area contributed by atoms with Gasteiger partial charge in [0.1, 0.15) is 5.76 Å². The van der Waals surface area contributed by atoms with Crippen molar-refractivity contribution in [1.29, 1.82) is 0 Å². The average Bonchev–Trinajstić information content (AvgIpc) is 3.79. The monoisotopic (exact) mass is 848 g/mol. The van der Waals surface area contributed by atoms with Crippen molar-refractivity contribution in [3.8, 4) is 11.8 Å². The van der Waals surface area contributed by atoms with Crippen LogP contribution in [0.3, 0.4) is 0 Å². The summed E-state index contributed by atoms with van der Waals surface area (Å²) in [6, 6.07) is 39.1. The predicted octanol–water partition coefficient (Wildman–Crippen LogP) is 9.40. The highest BCUT2D eigenvalue weighted by Crippen LogP contribution is 2.44. The van der Waals surface area contributed by atoms with Crippen LogP contribution in [0.25, 0.3) is 0 Å². The Balaban J connectivity index is 0.000000190. The molecule has 0 fully saturated rings. The first-order valence-corrected chi connectivity index (χ1v) is 21.1. The molecule has 4 amide bonds. The highest BCUT2D eigenvalue weighted by atomic mass is 16.5. The fourth-order valence-electron chi connectivity index (χ4n) is 8.67. The van der Waals surface area contributed by atoms with E-state index in [1.165, 1.54) is 14.2 Å². The zero-order valence-electron chi connectivity index (χ0n) is 36.6. The summed E-state index contributed by atoms with van der Waals surface area (Å²) in [5.74, 6) is 0.850. The maximum atomic E-state index is 13.7. The molecule has 4 aromatic carbocycles. The predicted molar refractivity (Wildman–Crippen MR) is 243 cm³/mol. The number of fused-ring (bicyclic) bond motifs is 2. The number of nitrogens with zero attached hydrogens (tertiary/aromatic N) is 6. The molecule has 2 aliphatic rings. The summed E-state index contributed by atoms with van der Waals surface area (Å²) >= 11 is 0. The topological polar surface area (TPSA) is 139 Å². The molecule has 0 radical (unpaired) electrons. The number of aromatic nitrogens is 2. The number of carbonyl (C=O) groups is 4. The number of benzene rings is 4. The molecule has 0 unspecified atom stereocenters. The van der Waals surface area contributed by atoms with Gasteiger partial charge in [-0.3, -0.25) is 19.2 Å². The number of pyridine rings is 1. The molecule has 2 aliphatic heterocycles. The third kappa shape index (κ3) is 9.04. The zero-order chi connectivity index (χ0) is 44.8. The third-order valence-electron chi connectivity index (χ3n) is 11.5. The molecule has 4 heterocycles. The van der Waals surface area contributed by atoms with Crippen LogP contribution in [-0.2, 0) is 16.0 Å². The summed E-state index contributed by atoms with van der Waals surface area (Å²) in [5, 5.41) is 3.97. The van der Waals surface area contributed by atoms with Gasteiger partial charge in [-0.2, -0.15) is 4.98 Å². The largest absolute Gasteiger partial charge is 0.481 e. The molecular formula is C50H52N6O7. The second kappa shape index (κ2) is 19.2. The first-order chi connectivity index (χ1) is 30.4. The van der Waals surface area contributed by atoms with Crippen molar-refractivity contribution in [3.63, 3.8) is 0 Å². The molecule has 0 saturated carbocycles. The van der Waals surface area contributed by atoms with Crippen LogP contribution >= 0.6 is 0 Å². The Kier molecular flexibility index (Phi) is 13.3. The third-order valence-corrected chi connectivity index (χ3v) is 11.5. The lowest BCUT2D eigenvalue weighted by molar-refractivity contribution is -0.118. The number of ether oxygens (including phenoxy) is 2. The number of methoxy groups -OCH3 is 2. The number of para-hydroxylation sites is 4. The van der Waals surface area contributed by atoms with Crippen LogP contribution in [0.15, 0.2) is 132 Å². The van der Waals surface area contributed by atoms with Gasteiger partial charge in [-0.15, -0.1) is 0 Å². The van der Waals surface area contributed by atoms with E-state index in [1.54, 1.807) is 41.8 Å². The van der Waals surface area contributed by atoms with Gasteiger partial charge in [-0.05, 0) is 74.2 Å². The molecule has 13 heteroatoms. The van der Waals surface area contributed by atoms with Crippen molar-refractivity contribution in [2.45, 2.75) is 78.0 Å². The van der Waals surface area contributed by atoms with Gasteiger partial charge in [-0.1, -0.05) is 84.9 Å². The number of hydrogen-bond acceptors (Lipinski definition) is 9. The smallest absolute Gasteiger partial charge is 0.280 e. The van der Waals surface area contributed by atoms with Crippen LogP contribution in [-0.4, -0.2) is 60.1 Å². The quantitative estimate of drug-likeness (QED) is 0.139. The minimum absolute atomic E-state index is 0.0305. The van der Waals surface area contributed by atoms with Crippen molar-refractivity contribution in [2.24, 2.45) is 0 Å². The molecule has 0 saturated heterocycles.